The lowest BCUT2D eigenvalue weighted by molar-refractivity contribution is -0.132. The van der Waals surface area contributed by atoms with Gasteiger partial charge in [-0.1, -0.05) is 81.4 Å². The van der Waals surface area contributed by atoms with Gasteiger partial charge in [-0.2, -0.15) is 0 Å². The molecule has 4 amide bonds. The van der Waals surface area contributed by atoms with Crippen LogP contribution in [0.5, 0.6) is 0 Å². The Labute approximate surface area is 201 Å². The summed E-state index contributed by atoms with van der Waals surface area (Å²) < 4.78 is 0. The summed E-state index contributed by atoms with van der Waals surface area (Å²) in [6.45, 7) is 6.29. The summed E-state index contributed by atoms with van der Waals surface area (Å²) in [5, 5.41) is 21.4. The van der Waals surface area contributed by atoms with Crippen molar-refractivity contribution in [2.24, 2.45) is 5.92 Å². The number of hydrogen-bond donors (Lipinski definition) is 5. The van der Waals surface area contributed by atoms with Crippen LogP contribution in [-0.2, 0) is 22.7 Å². The first kappa shape index (κ1) is 26.9. The number of rotatable bonds is 12. The van der Waals surface area contributed by atoms with Gasteiger partial charge in [0.05, 0.1) is 6.04 Å². The van der Waals surface area contributed by atoms with Crippen molar-refractivity contribution in [3.63, 3.8) is 0 Å². The number of aliphatic hydroxyl groups is 1. The average Bonchev–Trinajstić information content (AvgIpc) is 2.84. The molecule has 0 spiro atoms. The zero-order valence-corrected chi connectivity index (χ0v) is 20.1. The lowest BCUT2D eigenvalue weighted by atomic mass is 10.0. The second-order valence-corrected chi connectivity index (χ2v) is 8.67. The maximum atomic E-state index is 13.0. The minimum absolute atomic E-state index is 0.143. The molecule has 2 rings (SSSR count). The van der Waals surface area contributed by atoms with Crippen LogP contribution >= 0.6 is 0 Å². The quantitative estimate of drug-likeness (QED) is 0.329. The van der Waals surface area contributed by atoms with Crippen molar-refractivity contribution in [2.45, 2.75) is 64.9 Å². The molecule has 184 valence electrons. The highest BCUT2D eigenvalue weighted by Gasteiger charge is 2.29. The molecule has 0 aliphatic carbocycles. The maximum absolute atomic E-state index is 13.0. The topological polar surface area (TPSA) is 120 Å². The molecule has 34 heavy (non-hydrogen) atoms. The minimum atomic E-state index is -1.41. The third-order valence-corrected chi connectivity index (χ3v) is 5.35. The molecule has 0 heterocycles. The van der Waals surface area contributed by atoms with Crippen LogP contribution in [0.25, 0.3) is 0 Å². The van der Waals surface area contributed by atoms with Gasteiger partial charge in [-0.05, 0) is 29.9 Å². The molecule has 0 fully saturated rings. The van der Waals surface area contributed by atoms with E-state index in [9.17, 15) is 19.5 Å². The van der Waals surface area contributed by atoms with Crippen molar-refractivity contribution < 1.29 is 19.5 Å². The smallest absolute Gasteiger partial charge is 0.315 e. The van der Waals surface area contributed by atoms with E-state index in [0.717, 1.165) is 11.1 Å². The van der Waals surface area contributed by atoms with Gasteiger partial charge in [0.25, 0.3) is 5.91 Å². The highest BCUT2D eigenvalue weighted by Crippen LogP contribution is 2.08. The number of urea groups is 1. The van der Waals surface area contributed by atoms with Crippen molar-refractivity contribution in [1.82, 2.24) is 21.3 Å². The van der Waals surface area contributed by atoms with Crippen LogP contribution in [0.2, 0.25) is 0 Å². The van der Waals surface area contributed by atoms with Gasteiger partial charge in [-0.3, -0.25) is 9.59 Å². The lowest BCUT2D eigenvalue weighted by Crippen LogP contribution is -2.56. The van der Waals surface area contributed by atoms with Gasteiger partial charge in [0.1, 0.15) is 6.04 Å². The summed E-state index contributed by atoms with van der Waals surface area (Å²) >= 11 is 0. The van der Waals surface area contributed by atoms with Crippen molar-refractivity contribution in [3.05, 3.63) is 71.8 Å². The first-order valence-corrected chi connectivity index (χ1v) is 11.7. The Morgan fingerprint density at radius 2 is 1.32 bits per heavy atom. The monoisotopic (exact) mass is 468 g/mol. The van der Waals surface area contributed by atoms with Crippen molar-refractivity contribution in [3.8, 4) is 0 Å². The number of amides is 4. The molecule has 2 aromatic rings. The number of nitrogens with one attached hydrogen (secondary N) is 4. The molecule has 0 aliphatic rings. The first-order chi connectivity index (χ1) is 16.3. The van der Waals surface area contributed by atoms with Crippen LogP contribution in [0.3, 0.4) is 0 Å². The number of carbonyl (C=O) groups excluding carboxylic acids is 3. The molecule has 0 bridgehead atoms. The van der Waals surface area contributed by atoms with Crippen LogP contribution in [-0.4, -0.2) is 41.1 Å². The number of carbonyl (C=O) groups is 3. The summed E-state index contributed by atoms with van der Waals surface area (Å²) in [4.78, 5) is 37.8. The predicted octanol–water partition coefficient (Wildman–Crippen LogP) is 2.47. The third-order valence-electron chi connectivity index (χ3n) is 5.35. The van der Waals surface area contributed by atoms with E-state index in [1.54, 1.807) is 6.92 Å². The lowest BCUT2D eigenvalue weighted by Gasteiger charge is -2.26. The fourth-order valence-corrected chi connectivity index (χ4v) is 3.45. The van der Waals surface area contributed by atoms with Gasteiger partial charge in [0, 0.05) is 13.1 Å². The van der Waals surface area contributed by atoms with Gasteiger partial charge in [0.15, 0.2) is 6.10 Å². The van der Waals surface area contributed by atoms with Crippen LogP contribution in [0.15, 0.2) is 60.7 Å². The van der Waals surface area contributed by atoms with E-state index in [-0.39, 0.29) is 12.5 Å². The molecule has 8 heteroatoms. The summed E-state index contributed by atoms with van der Waals surface area (Å²) in [6, 6.07) is 16.8. The van der Waals surface area contributed by atoms with Gasteiger partial charge in [0.2, 0.25) is 5.91 Å². The molecule has 3 atom stereocenters. The zero-order chi connectivity index (χ0) is 24.9. The molecule has 0 aliphatic heterocycles. The van der Waals surface area contributed by atoms with Crippen molar-refractivity contribution >= 4 is 17.8 Å². The van der Waals surface area contributed by atoms with E-state index in [2.05, 4.69) is 21.3 Å². The van der Waals surface area contributed by atoms with Gasteiger partial charge >= 0.3 is 6.03 Å². The van der Waals surface area contributed by atoms with Crippen molar-refractivity contribution in [1.29, 1.82) is 0 Å². The Morgan fingerprint density at radius 3 is 1.82 bits per heavy atom. The number of hydrogen-bond acceptors (Lipinski definition) is 4. The Balaban J connectivity index is 1.92. The Kier molecular flexibility index (Phi) is 11.1. The van der Waals surface area contributed by atoms with Gasteiger partial charge in [-0.15, -0.1) is 0 Å². The molecule has 0 aromatic heterocycles. The molecular weight excluding hydrogens is 432 g/mol. The highest BCUT2D eigenvalue weighted by atomic mass is 16.3. The minimum Gasteiger partial charge on any atom is -0.381 e. The average molecular weight is 469 g/mol. The molecule has 5 N–H and O–H groups in total. The van der Waals surface area contributed by atoms with Crippen molar-refractivity contribution in [2.75, 3.05) is 0 Å². The van der Waals surface area contributed by atoms with Gasteiger partial charge in [-0.25, -0.2) is 4.79 Å². The Morgan fingerprint density at radius 1 is 0.794 bits per heavy atom. The standard InChI is InChI=1S/C26H36N4O4/c1-4-21(23(31)25(33)27-16-19-11-7-5-8-12-19)29-24(32)22(15-18(2)3)30-26(34)28-17-20-13-9-6-10-14-20/h5-14,18,21-23,31H,4,15-17H2,1-3H3,(H,27,33)(H,29,32)(H2,28,30,34)/t21?,22-,23?/m0/s1. The summed E-state index contributed by atoms with van der Waals surface area (Å²) in [6.07, 6.45) is -0.651. The molecule has 0 saturated heterocycles. The van der Waals surface area contributed by atoms with E-state index in [1.807, 2.05) is 74.5 Å². The summed E-state index contributed by atoms with van der Waals surface area (Å²) in [5.74, 6) is -0.861. The Hall–Kier alpha value is -3.39. The van der Waals surface area contributed by atoms with Crippen LogP contribution in [0.1, 0.15) is 44.7 Å². The first-order valence-electron chi connectivity index (χ1n) is 11.7. The second kappa shape index (κ2) is 14.0. The molecule has 2 unspecified atom stereocenters. The van der Waals surface area contributed by atoms with E-state index in [4.69, 9.17) is 0 Å². The zero-order valence-electron chi connectivity index (χ0n) is 20.1. The van der Waals surface area contributed by atoms with Gasteiger partial charge < -0.3 is 26.4 Å². The maximum Gasteiger partial charge on any atom is 0.315 e. The van der Waals surface area contributed by atoms with E-state index in [0.29, 0.717) is 19.4 Å². The van der Waals surface area contributed by atoms with E-state index < -0.39 is 36.0 Å². The van der Waals surface area contributed by atoms with E-state index in [1.165, 1.54) is 0 Å². The molecule has 2 aromatic carbocycles. The molecule has 8 nitrogen and oxygen atoms in total. The molecule has 0 radical (unpaired) electrons. The van der Waals surface area contributed by atoms with Crippen LogP contribution in [0, 0.1) is 5.92 Å². The Bertz CT molecular complexity index is 906. The third kappa shape index (κ3) is 9.23. The number of benzene rings is 2. The largest absolute Gasteiger partial charge is 0.381 e. The fraction of sp³-hybridized carbons (Fsp3) is 0.423. The fourth-order valence-electron chi connectivity index (χ4n) is 3.45. The second-order valence-electron chi connectivity index (χ2n) is 8.67. The highest BCUT2D eigenvalue weighted by molar-refractivity contribution is 5.88. The van der Waals surface area contributed by atoms with Crippen LogP contribution < -0.4 is 21.3 Å². The van der Waals surface area contributed by atoms with E-state index >= 15 is 0 Å². The molecular formula is C26H36N4O4. The predicted molar refractivity (Wildman–Crippen MR) is 132 cm³/mol. The summed E-state index contributed by atoms with van der Waals surface area (Å²) in [7, 11) is 0. The van der Waals surface area contributed by atoms with Crippen LogP contribution in [0.4, 0.5) is 4.79 Å². The molecule has 0 saturated carbocycles. The summed E-state index contributed by atoms with van der Waals surface area (Å²) in [5.41, 5.74) is 1.85. The normalized spacial score (nSPS) is 13.4. The SMILES string of the molecule is CCC(NC(=O)[C@H](CC(C)C)NC(=O)NCc1ccccc1)C(O)C(=O)NCc1ccccc1. The number of aliphatic hydroxyl groups excluding tert-OH is 1.